The van der Waals surface area contributed by atoms with Gasteiger partial charge in [-0.15, -0.1) is 0 Å². The van der Waals surface area contributed by atoms with Crippen LogP contribution in [0.5, 0.6) is 0 Å². The number of hydrazine groups is 1. The molecule has 0 aliphatic carbocycles. The van der Waals surface area contributed by atoms with E-state index in [4.69, 9.17) is 11.6 Å². The molecule has 0 spiro atoms. The maximum atomic E-state index is 12.0. The van der Waals surface area contributed by atoms with Crippen LogP contribution in [0.25, 0.3) is 0 Å². The average Bonchev–Trinajstić information content (AvgIpc) is 2.53. The van der Waals surface area contributed by atoms with Gasteiger partial charge in [0.1, 0.15) is 0 Å². The van der Waals surface area contributed by atoms with Gasteiger partial charge in [0.25, 0.3) is 17.3 Å². The summed E-state index contributed by atoms with van der Waals surface area (Å²) in [7, 11) is 0. The summed E-state index contributed by atoms with van der Waals surface area (Å²) in [4.78, 5) is 31.9. The zero-order valence-electron chi connectivity index (χ0n) is 11.4. The van der Waals surface area contributed by atoms with Gasteiger partial charge in [-0.3, -0.25) is 35.9 Å². The molecule has 0 aromatic heterocycles. The van der Waals surface area contributed by atoms with Crippen LogP contribution in [0.1, 0.15) is 10.4 Å². The molecular weight excluding hydrogens is 328 g/mol. The SMILES string of the molecule is O=C(NNc1ccc(Cl)cc1)c1cc([N+](=O)[O-])cc([N+](=O)[O-])c1. The lowest BCUT2D eigenvalue weighted by atomic mass is 10.1. The highest BCUT2D eigenvalue weighted by Gasteiger charge is 2.19. The highest BCUT2D eigenvalue weighted by molar-refractivity contribution is 6.30. The highest BCUT2D eigenvalue weighted by Crippen LogP contribution is 2.22. The Bertz CT molecular complexity index is 746. The molecule has 2 N–H and O–H groups in total. The maximum absolute atomic E-state index is 12.0. The van der Waals surface area contributed by atoms with Gasteiger partial charge in [0.15, 0.2) is 0 Å². The molecule has 2 rings (SSSR count). The fourth-order valence-electron chi connectivity index (χ4n) is 1.67. The highest BCUT2D eigenvalue weighted by atomic mass is 35.5. The molecule has 0 aliphatic heterocycles. The third-order valence-corrected chi connectivity index (χ3v) is 3.00. The van der Waals surface area contributed by atoms with Crippen LogP contribution >= 0.6 is 11.6 Å². The van der Waals surface area contributed by atoms with Gasteiger partial charge < -0.3 is 0 Å². The fourth-order valence-corrected chi connectivity index (χ4v) is 1.80. The van der Waals surface area contributed by atoms with Crippen molar-refractivity contribution < 1.29 is 14.6 Å². The molecular formula is C13H9ClN4O5. The Labute approximate surface area is 134 Å². The number of halogens is 1. The Morgan fingerprint density at radius 3 is 1.96 bits per heavy atom. The van der Waals surface area contributed by atoms with Crippen LogP contribution in [0.15, 0.2) is 42.5 Å². The number of anilines is 1. The topological polar surface area (TPSA) is 127 Å². The molecule has 0 bridgehead atoms. The Balaban J connectivity index is 2.19. The Morgan fingerprint density at radius 1 is 0.957 bits per heavy atom. The second-order valence-electron chi connectivity index (χ2n) is 4.34. The molecule has 0 atom stereocenters. The molecule has 0 fully saturated rings. The molecule has 0 saturated heterocycles. The van der Waals surface area contributed by atoms with Crippen LogP contribution in [0.4, 0.5) is 17.1 Å². The Kier molecular flexibility index (Phi) is 4.72. The number of rotatable bonds is 5. The molecule has 0 heterocycles. The van der Waals surface area contributed by atoms with Crippen molar-refractivity contribution in [2.45, 2.75) is 0 Å². The van der Waals surface area contributed by atoms with E-state index in [2.05, 4.69) is 10.9 Å². The first-order valence-corrected chi connectivity index (χ1v) is 6.50. The minimum atomic E-state index is -0.809. The smallest absolute Gasteiger partial charge is 0.277 e. The van der Waals surface area contributed by atoms with Crippen LogP contribution in [-0.4, -0.2) is 15.8 Å². The molecule has 10 heteroatoms. The number of non-ortho nitro benzene ring substituents is 2. The van der Waals surface area contributed by atoms with E-state index in [-0.39, 0.29) is 5.56 Å². The zero-order chi connectivity index (χ0) is 17.0. The summed E-state index contributed by atoms with van der Waals surface area (Å²) in [5.74, 6) is -0.758. The zero-order valence-corrected chi connectivity index (χ0v) is 12.1. The molecule has 23 heavy (non-hydrogen) atoms. The number of nitro benzene ring substituents is 2. The van der Waals surface area contributed by atoms with Gasteiger partial charge in [-0.05, 0) is 24.3 Å². The average molecular weight is 337 g/mol. The van der Waals surface area contributed by atoms with Gasteiger partial charge in [-0.2, -0.15) is 0 Å². The van der Waals surface area contributed by atoms with Gasteiger partial charge in [0.2, 0.25) is 0 Å². The van der Waals surface area contributed by atoms with Crippen molar-refractivity contribution in [2.75, 3.05) is 5.43 Å². The lowest BCUT2D eigenvalue weighted by molar-refractivity contribution is -0.394. The van der Waals surface area contributed by atoms with Crippen molar-refractivity contribution in [3.05, 3.63) is 73.3 Å². The second-order valence-corrected chi connectivity index (χ2v) is 4.77. The number of amides is 1. The molecule has 118 valence electrons. The summed E-state index contributed by atoms with van der Waals surface area (Å²) in [6, 6.07) is 9.06. The summed E-state index contributed by atoms with van der Waals surface area (Å²) in [5.41, 5.74) is 4.07. The van der Waals surface area contributed by atoms with Crippen molar-refractivity contribution in [2.24, 2.45) is 0 Å². The fraction of sp³-hybridized carbons (Fsp3) is 0. The van der Waals surface area contributed by atoms with Gasteiger partial charge in [-0.25, -0.2) is 0 Å². The van der Waals surface area contributed by atoms with E-state index < -0.39 is 27.1 Å². The summed E-state index contributed by atoms with van der Waals surface area (Å²) in [6.45, 7) is 0. The normalized spacial score (nSPS) is 9.96. The summed E-state index contributed by atoms with van der Waals surface area (Å²) in [6.07, 6.45) is 0. The largest absolute Gasteiger partial charge is 0.298 e. The quantitative estimate of drug-likeness (QED) is 0.638. The molecule has 0 saturated carbocycles. The third kappa shape index (κ3) is 4.14. The summed E-state index contributed by atoms with van der Waals surface area (Å²) < 4.78 is 0. The maximum Gasteiger partial charge on any atom is 0.277 e. The first kappa shape index (κ1) is 16.2. The Morgan fingerprint density at radius 2 is 1.48 bits per heavy atom. The number of nitrogens with zero attached hydrogens (tertiary/aromatic N) is 2. The number of hydrogen-bond acceptors (Lipinski definition) is 6. The second kappa shape index (κ2) is 6.71. The number of carbonyl (C=O) groups is 1. The van der Waals surface area contributed by atoms with Crippen molar-refractivity contribution in [1.82, 2.24) is 5.43 Å². The van der Waals surface area contributed by atoms with Crippen LogP contribution in [0, 0.1) is 20.2 Å². The lowest BCUT2D eigenvalue weighted by Crippen LogP contribution is -2.29. The molecule has 0 unspecified atom stereocenters. The molecule has 9 nitrogen and oxygen atoms in total. The van der Waals surface area contributed by atoms with Crippen LogP contribution in [0.3, 0.4) is 0 Å². The van der Waals surface area contributed by atoms with E-state index in [0.717, 1.165) is 18.2 Å². The van der Waals surface area contributed by atoms with Gasteiger partial charge >= 0.3 is 0 Å². The minimum Gasteiger partial charge on any atom is -0.298 e. The van der Waals surface area contributed by atoms with Gasteiger partial charge in [0.05, 0.1) is 27.2 Å². The van der Waals surface area contributed by atoms with E-state index in [0.29, 0.717) is 10.7 Å². The molecule has 0 radical (unpaired) electrons. The minimum absolute atomic E-state index is 0.215. The van der Waals surface area contributed by atoms with Crippen LogP contribution in [0.2, 0.25) is 5.02 Å². The molecule has 2 aromatic carbocycles. The van der Waals surface area contributed by atoms with E-state index in [1.807, 2.05) is 0 Å². The lowest BCUT2D eigenvalue weighted by Gasteiger charge is -2.08. The van der Waals surface area contributed by atoms with Crippen molar-refractivity contribution in [3.8, 4) is 0 Å². The number of benzene rings is 2. The van der Waals surface area contributed by atoms with Gasteiger partial charge in [-0.1, -0.05) is 11.6 Å². The van der Waals surface area contributed by atoms with Crippen molar-refractivity contribution in [1.29, 1.82) is 0 Å². The molecule has 2 aromatic rings. The predicted octanol–water partition coefficient (Wildman–Crippen LogP) is 2.91. The Hall–Kier alpha value is -3.20. The molecule has 1 amide bonds. The van der Waals surface area contributed by atoms with E-state index in [9.17, 15) is 25.0 Å². The summed E-state index contributed by atoms with van der Waals surface area (Å²) >= 11 is 5.72. The first-order chi connectivity index (χ1) is 10.9. The monoisotopic (exact) mass is 336 g/mol. The van der Waals surface area contributed by atoms with Crippen molar-refractivity contribution in [3.63, 3.8) is 0 Å². The number of nitrogens with one attached hydrogen (secondary N) is 2. The van der Waals surface area contributed by atoms with Crippen LogP contribution < -0.4 is 10.9 Å². The first-order valence-electron chi connectivity index (χ1n) is 6.12. The van der Waals surface area contributed by atoms with Crippen LogP contribution in [-0.2, 0) is 0 Å². The van der Waals surface area contributed by atoms with E-state index >= 15 is 0 Å². The third-order valence-electron chi connectivity index (χ3n) is 2.75. The standard InChI is InChI=1S/C13H9ClN4O5/c14-9-1-3-10(4-2-9)15-16-13(19)8-5-11(17(20)21)7-12(6-8)18(22)23/h1-7,15H,(H,16,19). The molecule has 0 aliphatic rings. The van der Waals surface area contributed by atoms with E-state index in [1.165, 1.54) is 0 Å². The van der Waals surface area contributed by atoms with E-state index in [1.54, 1.807) is 24.3 Å². The number of hydrogen-bond donors (Lipinski definition) is 2. The van der Waals surface area contributed by atoms with Crippen molar-refractivity contribution >= 4 is 34.6 Å². The number of carbonyl (C=O) groups excluding carboxylic acids is 1. The number of nitro groups is 2. The summed E-state index contributed by atoms with van der Waals surface area (Å²) in [5, 5.41) is 22.1. The predicted molar refractivity (Wildman–Crippen MR) is 82.3 cm³/mol. The van der Waals surface area contributed by atoms with Gasteiger partial charge in [0, 0.05) is 17.2 Å².